The molecule has 1 rings (SSSR count). The molecule has 1 N–H and O–H groups in total. The number of ether oxygens (including phenoxy) is 1. The van der Waals surface area contributed by atoms with Crippen molar-refractivity contribution in [1.29, 1.82) is 0 Å². The average Bonchev–Trinajstić information content (AvgIpc) is 2.50. The molecule has 0 fully saturated rings. The molecule has 0 aliphatic rings. The highest BCUT2D eigenvalue weighted by atomic mass is 127. The van der Waals surface area contributed by atoms with Crippen LogP contribution in [0.15, 0.2) is 29.3 Å². The van der Waals surface area contributed by atoms with Gasteiger partial charge in [-0.25, -0.2) is 0 Å². The van der Waals surface area contributed by atoms with Crippen molar-refractivity contribution in [3.05, 3.63) is 34.9 Å². The highest BCUT2D eigenvalue weighted by Crippen LogP contribution is 2.12. The third kappa shape index (κ3) is 7.87. The van der Waals surface area contributed by atoms with Gasteiger partial charge in [-0.05, 0) is 24.6 Å². The SMILES string of the molecule is CCNC(=NCC(C)C(=O)OC)N(C)Cc1cccc(Cl)c1.I. The summed E-state index contributed by atoms with van der Waals surface area (Å²) < 4.78 is 4.72. The van der Waals surface area contributed by atoms with Crippen molar-refractivity contribution in [2.75, 3.05) is 27.2 Å². The molecule has 130 valence electrons. The molecule has 0 bridgehead atoms. The van der Waals surface area contributed by atoms with Crippen LogP contribution in [0.5, 0.6) is 0 Å². The van der Waals surface area contributed by atoms with E-state index in [1.165, 1.54) is 7.11 Å². The molecule has 0 aromatic heterocycles. The van der Waals surface area contributed by atoms with Crippen LogP contribution in [0.3, 0.4) is 0 Å². The summed E-state index contributed by atoms with van der Waals surface area (Å²) >= 11 is 6.01. The van der Waals surface area contributed by atoms with Gasteiger partial charge in [0.15, 0.2) is 5.96 Å². The fourth-order valence-electron chi connectivity index (χ4n) is 1.95. The van der Waals surface area contributed by atoms with Gasteiger partial charge in [-0.3, -0.25) is 9.79 Å². The molecule has 0 amide bonds. The first-order valence-corrected chi connectivity index (χ1v) is 7.67. The predicted octanol–water partition coefficient (Wildman–Crippen LogP) is 3.16. The largest absolute Gasteiger partial charge is 0.469 e. The summed E-state index contributed by atoms with van der Waals surface area (Å²) in [5.74, 6) is 0.230. The van der Waals surface area contributed by atoms with Gasteiger partial charge in [-0.2, -0.15) is 0 Å². The molecule has 5 nitrogen and oxygen atoms in total. The van der Waals surface area contributed by atoms with Crippen LogP contribution in [0.1, 0.15) is 19.4 Å². The molecule has 7 heteroatoms. The van der Waals surface area contributed by atoms with E-state index in [1.54, 1.807) is 6.92 Å². The second-order valence-corrected chi connectivity index (χ2v) is 5.54. The third-order valence-electron chi connectivity index (χ3n) is 3.12. The average molecular weight is 454 g/mol. The van der Waals surface area contributed by atoms with Gasteiger partial charge >= 0.3 is 5.97 Å². The number of nitrogens with one attached hydrogen (secondary N) is 1. The first-order valence-electron chi connectivity index (χ1n) is 7.29. The maximum Gasteiger partial charge on any atom is 0.310 e. The summed E-state index contributed by atoms with van der Waals surface area (Å²) in [4.78, 5) is 17.9. The molecular formula is C16H25ClIN3O2. The van der Waals surface area contributed by atoms with Crippen LogP contribution in [0.2, 0.25) is 5.02 Å². The number of aliphatic imine (C=N–C) groups is 1. The summed E-state index contributed by atoms with van der Waals surface area (Å²) in [5.41, 5.74) is 1.10. The Morgan fingerprint density at radius 2 is 2.17 bits per heavy atom. The highest BCUT2D eigenvalue weighted by Gasteiger charge is 2.14. The van der Waals surface area contributed by atoms with Crippen molar-refractivity contribution < 1.29 is 9.53 Å². The fraction of sp³-hybridized carbons (Fsp3) is 0.500. The third-order valence-corrected chi connectivity index (χ3v) is 3.36. The first kappa shape index (κ1) is 22.0. The maximum atomic E-state index is 11.4. The lowest BCUT2D eigenvalue weighted by atomic mass is 10.2. The molecular weight excluding hydrogens is 429 g/mol. The Hall–Kier alpha value is -1.02. The molecule has 0 aliphatic heterocycles. The van der Waals surface area contributed by atoms with Gasteiger partial charge in [0.2, 0.25) is 0 Å². The van der Waals surface area contributed by atoms with Gasteiger partial charge in [-0.15, -0.1) is 24.0 Å². The van der Waals surface area contributed by atoms with E-state index in [2.05, 4.69) is 10.3 Å². The molecule has 0 heterocycles. The van der Waals surface area contributed by atoms with E-state index >= 15 is 0 Å². The Morgan fingerprint density at radius 1 is 1.48 bits per heavy atom. The Balaban J connectivity index is 0.00000484. The Kier molecular flexibility index (Phi) is 11.0. The van der Waals surface area contributed by atoms with Crippen molar-refractivity contribution in [3.8, 4) is 0 Å². The topological polar surface area (TPSA) is 53.9 Å². The van der Waals surface area contributed by atoms with Crippen molar-refractivity contribution in [2.24, 2.45) is 10.9 Å². The first-order chi connectivity index (χ1) is 10.5. The number of carbonyl (C=O) groups is 1. The summed E-state index contributed by atoms with van der Waals surface area (Å²) in [6, 6.07) is 7.72. The Bertz CT molecular complexity index is 526. The van der Waals surface area contributed by atoms with Crippen LogP contribution in [0, 0.1) is 5.92 Å². The van der Waals surface area contributed by atoms with Gasteiger partial charge in [-0.1, -0.05) is 30.7 Å². The van der Waals surface area contributed by atoms with Crippen LogP contribution in [0.25, 0.3) is 0 Å². The summed E-state index contributed by atoms with van der Waals surface area (Å²) in [6.45, 7) is 5.63. The molecule has 0 spiro atoms. The minimum atomic E-state index is -0.266. The van der Waals surface area contributed by atoms with Gasteiger partial charge in [0.25, 0.3) is 0 Å². The van der Waals surface area contributed by atoms with Gasteiger partial charge < -0.3 is 15.0 Å². The Morgan fingerprint density at radius 3 is 2.74 bits per heavy atom. The molecule has 0 saturated carbocycles. The van der Waals surface area contributed by atoms with Gasteiger partial charge in [0, 0.05) is 25.2 Å². The lowest BCUT2D eigenvalue weighted by molar-refractivity contribution is -0.144. The van der Waals surface area contributed by atoms with Crippen LogP contribution in [-0.4, -0.2) is 44.1 Å². The van der Waals surface area contributed by atoms with Crippen molar-refractivity contribution >= 4 is 47.5 Å². The number of carbonyl (C=O) groups excluding carboxylic acids is 1. The monoisotopic (exact) mass is 453 g/mol. The lowest BCUT2D eigenvalue weighted by Gasteiger charge is -2.22. The molecule has 1 atom stereocenters. The van der Waals surface area contributed by atoms with Crippen LogP contribution in [-0.2, 0) is 16.1 Å². The summed E-state index contributed by atoms with van der Waals surface area (Å²) in [7, 11) is 3.34. The quantitative estimate of drug-likeness (QED) is 0.311. The number of esters is 1. The number of nitrogens with zero attached hydrogens (tertiary/aromatic N) is 2. The minimum absolute atomic E-state index is 0. The van der Waals surface area contributed by atoms with E-state index in [-0.39, 0.29) is 35.9 Å². The molecule has 23 heavy (non-hydrogen) atoms. The van der Waals surface area contributed by atoms with Crippen LogP contribution in [0.4, 0.5) is 0 Å². The normalized spacial score (nSPS) is 12.1. The Labute approximate surface area is 160 Å². The van der Waals surface area contributed by atoms with E-state index in [0.717, 1.165) is 18.1 Å². The van der Waals surface area contributed by atoms with Crippen LogP contribution < -0.4 is 5.32 Å². The van der Waals surface area contributed by atoms with E-state index in [4.69, 9.17) is 16.3 Å². The molecule has 1 aromatic rings. The fourth-order valence-corrected chi connectivity index (χ4v) is 2.17. The number of rotatable bonds is 6. The smallest absolute Gasteiger partial charge is 0.310 e. The molecule has 0 radical (unpaired) electrons. The maximum absolute atomic E-state index is 11.4. The number of hydrogen-bond acceptors (Lipinski definition) is 3. The number of halogens is 2. The van der Waals surface area contributed by atoms with E-state index in [9.17, 15) is 4.79 Å². The number of benzene rings is 1. The highest BCUT2D eigenvalue weighted by molar-refractivity contribution is 14.0. The number of guanidine groups is 1. The number of methoxy groups -OCH3 is 1. The van der Waals surface area contributed by atoms with Crippen molar-refractivity contribution in [3.63, 3.8) is 0 Å². The standard InChI is InChI=1S/C16H24ClN3O2.HI/c1-5-18-16(19-10-12(2)15(21)22-4)20(3)11-13-7-6-8-14(17)9-13;/h6-9,12H,5,10-11H2,1-4H3,(H,18,19);1H. The zero-order valence-electron chi connectivity index (χ0n) is 14.0. The van der Waals surface area contributed by atoms with Crippen molar-refractivity contribution in [2.45, 2.75) is 20.4 Å². The summed E-state index contributed by atoms with van der Waals surface area (Å²) in [6.07, 6.45) is 0. The molecule has 0 saturated heterocycles. The van der Waals surface area contributed by atoms with E-state index < -0.39 is 0 Å². The lowest BCUT2D eigenvalue weighted by Crippen LogP contribution is -2.39. The zero-order valence-corrected chi connectivity index (χ0v) is 17.1. The van der Waals surface area contributed by atoms with Gasteiger partial charge in [0.05, 0.1) is 19.6 Å². The second kappa shape index (κ2) is 11.5. The number of hydrogen-bond donors (Lipinski definition) is 1. The molecule has 1 unspecified atom stereocenters. The van der Waals surface area contributed by atoms with Gasteiger partial charge in [0.1, 0.15) is 0 Å². The van der Waals surface area contributed by atoms with E-state index in [1.807, 2.05) is 43.1 Å². The molecule has 0 aliphatic carbocycles. The predicted molar refractivity (Wildman–Crippen MR) is 105 cm³/mol. The molecule has 1 aromatic carbocycles. The minimum Gasteiger partial charge on any atom is -0.469 e. The van der Waals surface area contributed by atoms with E-state index in [0.29, 0.717) is 18.1 Å². The van der Waals surface area contributed by atoms with Crippen molar-refractivity contribution in [1.82, 2.24) is 10.2 Å². The zero-order chi connectivity index (χ0) is 16.5. The van der Waals surface area contributed by atoms with Crippen LogP contribution >= 0.6 is 35.6 Å². The summed E-state index contributed by atoms with van der Waals surface area (Å²) in [5, 5.41) is 3.94. The second-order valence-electron chi connectivity index (χ2n) is 5.10.